The van der Waals surface area contributed by atoms with Crippen LogP contribution in [0.1, 0.15) is 22.7 Å². The standard InChI is InChI=1S/C22H23BrN4O3/c1-14-12-18-20(22(28)27(14)7-6-26-8-10-29-11-9-26)19(17(13-24)21(25)30-18)15-2-4-16(23)5-3-15/h2-5,12,19H,6-11,25H2,1H3/p+1/t19-/m1/s1. The molecule has 0 aliphatic carbocycles. The van der Waals surface area contributed by atoms with Crippen LogP contribution in [0, 0.1) is 18.3 Å². The average Bonchev–Trinajstić information content (AvgIpc) is 2.74. The topological polar surface area (TPSA) is 94.7 Å². The van der Waals surface area contributed by atoms with Crippen molar-refractivity contribution in [3.05, 3.63) is 73.4 Å². The van der Waals surface area contributed by atoms with Crippen molar-refractivity contribution in [1.29, 1.82) is 5.26 Å². The van der Waals surface area contributed by atoms with Gasteiger partial charge in [0.25, 0.3) is 5.56 Å². The van der Waals surface area contributed by atoms with Gasteiger partial charge in [-0.05, 0) is 24.6 Å². The fraction of sp³-hybridized carbons (Fsp3) is 0.364. The van der Waals surface area contributed by atoms with Crippen LogP contribution < -0.4 is 20.9 Å². The summed E-state index contributed by atoms with van der Waals surface area (Å²) < 4.78 is 13.8. The summed E-state index contributed by atoms with van der Waals surface area (Å²) in [5.41, 5.74) is 8.29. The van der Waals surface area contributed by atoms with Gasteiger partial charge in [-0.2, -0.15) is 5.26 Å². The van der Waals surface area contributed by atoms with Gasteiger partial charge in [0, 0.05) is 16.2 Å². The molecule has 3 heterocycles. The molecule has 0 radical (unpaired) electrons. The molecular formula is C22H24BrN4O3+. The van der Waals surface area contributed by atoms with E-state index in [1.54, 1.807) is 4.57 Å². The van der Waals surface area contributed by atoms with Crippen LogP contribution in [0.25, 0.3) is 0 Å². The van der Waals surface area contributed by atoms with Gasteiger partial charge in [0.05, 0.1) is 37.8 Å². The molecule has 8 heteroatoms. The molecule has 1 fully saturated rings. The minimum Gasteiger partial charge on any atom is -0.440 e. The van der Waals surface area contributed by atoms with Crippen LogP contribution in [-0.2, 0) is 11.3 Å². The van der Waals surface area contributed by atoms with Gasteiger partial charge >= 0.3 is 0 Å². The number of fused-ring (bicyclic) bond motifs is 1. The van der Waals surface area contributed by atoms with Gasteiger partial charge in [0.2, 0.25) is 5.88 Å². The zero-order valence-electron chi connectivity index (χ0n) is 16.8. The van der Waals surface area contributed by atoms with E-state index in [0.29, 0.717) is 17.9 Å². The first-order chi connectivity index (χ1) is 14.5. The fourth-order valence-electron chi connectivity index (χ4n) is 4.13. The van der Waals surface area contributed by atoms with Gasteiger partial charge in [-0.3, -0.25) is 4.79 Å². The first-order valence-electron chi connectivity index (χ1n) is 9.98. The molecule has 0 saturated carbocycles. The number of nitrogens with zero attached hydrogens (tertiary/aromatic N) is 2. The monoisotopic (exact) mass is 471 g/mol. The molecule has 30 heavy (non-hydrogen) atoms. The molecule has 7 nitrogen and oxygen atoms in total. The minimum absolute atomic E-state index is 0.0484. The molecule has 2 aromatic rings. The van der Waals surface area contributed by atoms with E-state index in [4.69, 9.17) is 15.2 Å². The van der Waals surface area contributed by atoms with E-state index in [-0.39, 0.29) is 17.0 Å². The molecule has 1 aromatic carbocycles. The first kappa shape index (κ1) is 20.7. The Morgan fingerprint density at radius 2 is 2.00 bits per heavy atom. The fourth-order valence-corrected chi connectivity index (χ4v) is 4.40. The summed E-state index contributed by atoms with van der Waals surface area (Å²) in [7, 11) is 0. The molecule has 4 rings (SSSR count). The summed E-state index contributed by atoms with van der Waals surface area (Å²) in [6, 6.07) is 11.6. The third-order valence-electron chi connectivity index (χ3n) is 5.78. The Morgan fingerprint density at radius 3 is 2.67 bits per heavy atom. The number of nitrogens with two attached hydrogens (primary N) is 1. The van der Waals surface area contributed by atoms with Gasteiger partial charge in [-0.25, -0.2) is 0 Å². The minimum atomic E-state index is -0.554. The molecule has 3 N–H and O–H groups in total. The summed E-state index contributed by atoms with van der Waals surface area (Å²) in [6.07, 6.45) is 0. The number of nitriles is 1. The molecule has 0 bridgehead atoms. The van der Waals surface area contributed by atoms with Crippen molar-refractivity contribution >= 4 is 15.9 Å². The van der Waals surface area contributed by atoms with Gasteiger partial charge in [-0.15, -0.1) is 0 Å². The number of morpholine rings is 1. The number of rotatable bonds is 4. The molecule has 156 valence electrons. The van der Waals surface area contributed by atoms with Crippen LogP contribution in [0.5, 0.6) is 5.75 Å². The molecule has 2 aliphatic rings. The Hall–Kier alpha value is -2.60. The Balaban J connectivity index is 1.77. The Morgan fingerprint density at radius 1 is 1.30 bits per heavy atom. The van der Waals surface area contributed by atoms with Gasteiger partial charge < -0.3 is 24.7 Å². The van der Waals surface area contributed by atoms with Gasteiger partial charge in [-0.1, -0.05) is 28.1 Å². The summed E-state index contributed by atoms with van der Waals surface area (Å²) in [6.45, 7) is 6.73. The van der Waals surface area contributed by atoms with E-state index in [0.717, 1.165) is 48.6 Å². The van der Waals surface area contributed by atoms with Crippen molar-refractivity contribution in [1.82, 2.24) is 4.57 Å². The van der Waals surface area contributed by atoms with Crippen molar-refractivity contribution in [3.8, 4) is 11.8 Å². The molecular weight excluding hydrogens is 448 g/mol. The summed E-state index contributed by atoms with van der Waals surface area (Å²) in [5, 5.41) is 9.76. The van der Waals surface area contributed by atoms with E-state index in [1.165, 1.54) is 4.90 Å². The number of hydrogen-bond donors (Lipinski definition) is 2. The molecule has 1 saturated heterocycles. The highest BCUT2D eigenvalue weighted by Gasteiger charge is 2.34. The zero-order valence-corrected chi connectivity index (χ0v) is 18.4. The number of hydrogen-bond acceptors (Lipinski definition) is 5. The predicted molar refractivity (Wildman–Crippen MR) is 115 cm³/mol. The smallest absolute Gasteiger partial charge is 0.258 e. The lowest BCUT2D eigenvalue weighted by Gasteiger charge is -2.28. The Labute approximate surface area is 183 Å². The lowest BCUT2D eigenvalue weighted by molar-refractivity contribution is -0.908. The van der Waals surface area contributed by atoms with Gasteiger partial charge in [0.15, 0.2) is 0 Å². The van der Waals surface area contributed by atoms with Crippen LogP contribution in [-0.4, -0.2) is 37.4 Å². The second-order valence-electron chi connectivity index (χ2n) is 7.61. The SMILES string of the molecule is Cc1cc2c(c(=O)n1CC[NH+]1CCOCC1)[C@H](c1ccc(Br)cc1)C(C#N)=C(N)O2. The highest BCUT2D eigenvalue weighted by Crippen LogP contribution is 2.40. The number of quaternary nitrogens is 1. The average molecular weight is 472 g/mol. The van der Waals surface area contributed by atoms with E-state index in [1.807, 2.05) is 37.3 Å². The quantitative estimate of drug-likeness (QED) is 0.694. The molecule has 2 aliphatic heterocycles. The summed E-state index contributed by atoms with van der Waals surface area (Å²) in [5.74, 6) is -0.0777. The maximum Gasteiger partial charge on any atom is 0.258 e. The number of aromatic nitrogens is 1. The van der Waals surface area contributed by atoms with Gasteiger partial charge in [0.1, 0.15) is 30.5 Å². The Bertz CT molecular complexity index is 1080. The second-order valence-corrected chi connectivity index (χ2v) is 8.52. The number of nitrogens with one attached hydrogen (secondary N) is 1. The maximum absolute atomic E-state index is 13.6. The van der Waals surface area contributed by atoms with Crippen molar-refractivity contribution in [3.63, 3.8) is 0 Å². The van der Waals surface area contributed by atoms with Crippen molar-refractivity contribution in [2.45, 2.75) is 19.4 Å². The van der Waals surface area contributed by atoms with Crippen LogP contribution in [0.3, 0.4) is 0 Å². The van der Waals surface area contributed by atoms with Crippen molar-refractivity contribution < 1.29 is 14.4 Å². The van der Waals surface area contributed by atoms with Crippen LogP contribution in [0.15, 0.2) is 51.1 Å². The van der Waals surface area contributed by atoms with Crippen LogP contribution >= 0.6 is 15.9 Å². The second kappa shape index (κ2) is 8.64. The third kappa shape index (κ3) is 3.88. The summed E-state index contributed by atoms with van der Waals surface area (Å²) in [4.78, 5) is 15.0. The van der Waals surface area contributed by atoms with E-state index < -0.39 is 5.92 Å². The normalized spacial score (nSPS) is 19.2. The summed E-state index contributed by atoms with van der Waals surface area (Å²) >= 11 is 3.44. The van der Waals surface area contributed by atoms with Crippen LogP contribution in [0.4, 0.5) is 0 Å². The van der Waals surface area contributed by atoms with E-state index in [2.05, 4.69) is 22.0 Å². The highest BCUT2D eigenvalue weighted by atomic mass is 79.9. The number of allylic oxidation sites excluding steroid dienone is 1. The number of pyridine rings is 1. The number of ether oxygens (including phenoxy) is 2. The van der Waals surface area contributed by atoms with Crippen molar-refractivity contribution in [2.75, 3.05) is 32.8 Å². The number of halogens is 1. The molecule has 0 unspecified atom stereocenters. The van der Waals surface area contributed by atoms with Crippen LogP contribution in [0.2, 0.25) is 0 Å². The molecule has 1 aromatic heterocycles. The number of benzene rings is 1. The largest absolute Gasteiger partial charge is 0.440 e. The van der Waals surface area contributed by atoms with Crippen molar-refractivity contribution in [2.24, 2.45) is 5.73 Å². The zero-order chi connectivity index (χ0) is 21.3. The Kier molecular flexibility index (Phi) is 5.95. The first-order valence-corrected chi connectivity index (χ1v) is 10.8. The third-order valence-corrected chi connectivity index (χ3v) is 6.31. The molecule has 0 amide bonds. The van der Waals surface area contributed by atoms with E-state index in [9.17, 15) is 10.1 Å². The lowest BCUT2D eigenvalue weighted by Crippen LogP contribution is -3.14. The molecule has 0 spiro atoms. The molecule has 1 atom stereocenters. The predicted octanol–water partition coefficient (Wildman–Crippen LogP) is 1.05. The highest BCUT2D eigenvalue weighted by molar-refractivity contribution is 9.10. The van der Waals surface area contributed by atoms with E-state index >= 15 is 0 Å². The number of aryl methyl sites for hydroxylation is 1. The lowest BCUT2D eigenvalue weighted by atomic mass is 9.84. The maximum atomic E-state index is 13.6.